The van der Waals surface area contributed by atoms with E-state index in [1.54, 1.807) is 7.11 Å². The van der Waals surface area contributed by atoms with Crippen LogP contribution in [-0.4, -0.2) is 37.6 Å². The fourth-order valence-corrected chi connectivity index (χ4v) is 1.70. The maximum atomic E-state index is 8.78. The van der Waals surface area contributed by atoms with Crippen LogP contribution >= 0.6 is 0 Å². The minimum Gasteiger partial charge on any atom is -0.497 e. The van der Waals surface area contributed by atoms with Crippen LogP contribution in [0.1, 0.15) is 12.0 Å². The number of benzene rings is 1. The maximum Gasteiger partial charge on any atom is 0.118 e. The van der Waals surface area contributed by atoms with E-state index >= 15 is 0 Å². The van der Waals surface area contributed by atoms with Crippen molar-refractivity contribution in [2.75, 3.05) is 20.3 Å². The molecule has 0 aliphatic carbocycles. The monoisotopic (exact) mass is 238 g/mol. The van der Waals surface area contributed by atoms with E-state index < -0.39 is 0 Å². The fraction of sp³-hybridized carbons (Fsp3) is 0.538. The minimum atomic E-state index is 0.0413. The smallest absolute Gasteiger partial charge is 0.118 e. The number of ether oxygens (including phenoxy) is 3. The first-order valence-electron chi connectivity index (χ1n) is 5.80. The summed E-state index contributed by atoms with van der Waals surface area (Å²) in [6.07, 6.45) is 1.08. The van der Waals surface area contributed by atoms with E-state index in [1.807, 2.05) is 24.3 Å². The molecule has 1 saturated heterocycles. The first-order chi connectivity index (χ1) is 8.33. The maximum absolute atomic E-state index is 8.78. The van der Waals surface area contributed by atoms with Crippen molar-refractivity contribution in [2.45, 2.75) is 25.2 Å². The van der Waals surface area contributed by atoms with Crippen LogP contribution in [0, 0.1) is 0 Å². The highest BCUT2D eigenvalue weighted by molar-refractivity contribution is 5.26. The normalized spacial score (nSPS) is 22.5. The molecule has 1 heterocycles. The van der Waals surface area contributed by atoms with Gasteiger partial charge < -0.3 is 19.3 Å². The van der Waals surface area contributed by atoms with Gasteiger partial charge >= 0.3 is 0 Å². The minimum absolute atomic E-state index is 0.0413. The molecule has 4 nitrogen and oxygen atoms in total. The summed E-state index contributed by atoms with van der Waals surface area (Å²) in [4.78, 5) is 0. The Morgan fingerprint density at radius 3 is 2.59 bits per heavy atom. The molecule has 1 aromatic carbocycles. The molecule has 0 amide bonds. The molecule has 1 N–H and O–H groups in total. The van der Waals surface area contributed by atoms with Crippen molar-refractivity contribution >= 4 is 0 Å². The molecule has 1 aromatic rings. The number of hydrogen-bond donors (Lipinski definition) is 1. The van der Waals surface area contributed by atoms with E-state index in [4.69, 9.17) is 19.3 Å². The second-order valence-corrected chi connectivity index (χ2v) is 4.08. The van der Waals surface area contributed by atoms with E-state index in [0.717, 1.165) is 17.7 Å². The topological polar surface area (TPSA) is 51.2 Å². The lowest BCUT2D eigenvalue weighted by Crippen LogP contribution is -2.03. The van der Waals surface area contributed by atoms with Gasteiger partial charge in [-0.25, -0.2) is 0 Å². The van der Waals surface area contributed by atoms with E-state index in [1.165, 1.54) is 0 Å². The van der Waals surface area contributed by atoms with E-state index in [0.29, 0.717) is 13.2 Å². The summed E-state index contributed by atoms with van der Waals surface area (Å²) >= 11 is 0. The first-order valence-corrected chi connectivity index (χ1v) is 5.80. The number of hydrogen-bond acceptors (Lipinski definition) is 4. The van der Waals surface area contributed by atoms with Crippen LogP contribution in [0.25, 0.3) is 0 Å². The molecule has 2 atom stereocenters. The number of methoxy groups -OCH3 is 1. The van der Waals surface area contributed by atoms with Gasteiger partial charge in [-0.05, 0) is 24.1 Å². The summed E-state index contributed by atoms with van der Waals surface area (Å²) < 4.78 is 15.8. The summed E-state index contributed by atoms with van der Waals surface area (Å²) in [5.74, 6) is 0.853. The fourth-order valence-electron chi connectivity index (χ4n) is 1.70. The highest BCUT2D eigenvalue weighted by Crippen LogP contribution is 2.24. The molecule has 0 aromatic heterocycles. The van der Waals surface area contributed by atoms with Crippen molar-refractivity contribution in [1.29, 1.82) is 0 Å². The Morgan fingerprint density at radius 1 is 1.24 bits per heavy atom. The molecule has 0 bridgehead atoms. The van der Waals surface area contributed by atoms with Gasteiger partial charge in [-0.15, -0.1) is 0 Å². The van der Waals surface area contributed by atoms with E-state index in [2.05, 4.69) is 0 Å². The predicted molar refractivity (Wildman–Crippen MR) is 63.0 cm³/mol. The molecule has 94 valence electrons. The summed E-state index contributed by atoms with van der Waals surface area (Å²) in [5, 5.41) is 8.78. The average molecular weight is 238 g/mol. The van der Waals surface area contributed by atoms with Crippen LogP contribution in [0.4, 0.5) is 0 Å². The van der Waals surface area contributed by atoms with E-state index in [9.17, 15) is 0 Å². The van der Waals surface area contributed by atoms with Gasteiger partial charge in [-0.1, -0.05) is 12.1 Å². The Labute approximate surface area is 101 Å². The number of rotatable bonds is 7. The van der Waals surface area contributed by atoms with Crippen LogP contribution < -0.4 is 4.74 Å². The van der Waals surface area contributed by atoms with Gasteiger partial charge in [0.1, 0.15) is 11.9 Å². The third kappa shape index (κ3) is 3.70. The average Bonchev–Trinajstić information content (AvgIpc) is 3.14. The summed E-state index contributed by atoms with van der Waals surface area (Å²) in [6, 6.07) is 7.82. The van der Waals surface area contributed by atoms with Crippen LogP contribution in [0.15, 0.2) is 24.3 Å². The van der Waals surface area contributed by atoms with Crippen molar-refractivity contribution < 1.29 is 19.3 Å². The molecule has 0 saturated carbocycles. The summed E-state index contributed by atoms with van der Waals surface area (Å²) in [5.41, 5.74) is 1.13. The van der Waals surface area contributed by atoms with Gasteiger partial charge in [-0.2, -0.15) is 0 Å². The first kappa shape index (κ1) is 12.4. The van der Waals surface area contributed by atoms with Gasteiger partial charge in [0.2, 0.25) is 0 Å². The zero-order chi connectivity index (χ0) is 12.1. The third-order valence-electron chi connectivity index (χ3n) is 2.84. The Kier molecular flexibility index (Phi) is 4.36. The standard InChI is InChI=1S/C13H18O4/c1-15-11-4-2-10(3-5-11)9-16-7-6-12-13(8-14)17-12/h2-5,12-14H,6-9H2,1H3/t12-,13-/m1/s1. The van der Waals surface area contributed by atoms with E-state index in [-0.39, 0.29) is 18.8 Å². The molecule has 2 rings (SSSR count). The Hall–Kier alpha value is -1.10. The van der Waals surface area contributed by atoms with Crippen molar-refractivity contribution in [2.24, 2.45) is 0 Å². The molecule has 1 aliphatic heterocycles. The number of aliphatic hydroxyl groups excluding tert-OH is 1. The highest BCUT2D eigenvalue weighted by Gasteiger charge is 2.37. The summed E-state index contributed by atoms with van der Waals surface area (Å²) in [6.45, 7) is 1.37. The lowest BCUT2D eigenvalue weighted by Gasteiger charge is -2.04. The van der Waals surface area contributed by atoms with Crippen molar-refractivity contribution in [1.82, 2.24) is 0 Å². The van der Waals surface area contributed by atoms with Gasteiger partial charge in [0.05, 0.1) is 26.4 Å². The Bertz CT molecular complexity index is 336. The molecule has 17 heavy (non-hydrogen) atoms. The Morgan fingerprint density at radius 2 is 2.00 bits per heavy atom. The number of aliphatic hydroxyl groups is 1. The van der Waals surface area contributed by atoms with Crippen LogP contribution in [0.3, 0.4) is 0 Å². The van der Waals surface area contributed by atoms with Crippen LogP contribution in [0.5, 0.6) is 5.75 Å². The van der Waals surface area contributed by atoms with Crippen molar-refractivity contribution in [3.63, 3.8) is 0 Å². The van der Waals surface area contributed by atoms with Gasteiger partial charge in [-0.3, -0.25) is 0 Å². The lowest BCUT2D eigenvalue weighted by atomic mass is 10.2. The molecule has 0 unspecified atom stereocenters. The third-order valence-corrected chi connectivity index (χ3v) is 2.84. The molecule has 0 radical (unpaired) electrons. The lowest BCUT2D eigenvalue weighted by molar-refractivity contribution is 0.113. The number of epoxide rings is 1. The molecular weight excluding hydrogens is 220 g/mol. The van der Waals surface area contributed by atoms with Crippen molar-refractivity contribution in [3.8, 4) is 5.75 Å². The largest absolute Gasteiger partial charge is 0.497 e. The van der Waals surface area contributed by atoms with Gasteiger partial charge in [0.25, 0.3) is 0 Å². The predicted octanol–water partition coefficient (Wildman–Crippen LogP) is 1.36. The molecule has 4 heteroatoms. The SMILES string of the molecule is COc1ccc(COCC[C@H]2O[C@@H]2CO)cc1. The molecule has 0 spiro atoms. The van der Waals surface area contributed by atoms with Crippen LogP contribution in [0.2, 0.25) is 0 Å². The molecular formula is C13H18O4. The van der Waals surface area contributed by atoms with Gasteiger partial charge in [0.15, 0.2) is 0 Å². The highest BCUT2D eigenvalue weighted by atomic mass is 16.6. The zero-order valence-corrected chi connectivity index (χ0v) is 9.96. The zero-order valence-electron chi connectivity index (χ0n) is 9.96. The Balaban J connectivity index is 1.61. The molecule has 1 fully saturated rings. The van der Waals surface area contributed by atoms with Crippen LogP contribution in [-0.2, 0) is 16.1 Å². The quantitative estimate of drug-likeness (QED) is 0.575. The second-order valence-electron chi connectivity index (χ2n) is 4.08. The van der Waals surface area contributed by atoms with Crippen molar-refractivity contribution in [3.05, 3.63) is 29.8 Å². The molecule has 1 aliphatic rings. The summed E-state index contributed by atoms with van der Waals surface area (Å²) in [7, 11) is 1.65. The van der Waals surface area contributed by atoms with Gasteiger partial charge in [0, 0.05) is 6.61 Å². The second kappa shape index (κ2) is 6.00.